The summed E-state index contributed by atoms with van der Waals surface area (Å²) < 4.78 is 0. The molecule has 28 heavy (non-hydrogen) atoms. The fraction of sp³-hybridized carbons (Fsp3) is 0.818. The molecule has 0 aromatic heterocycles. The van der Waals surface area contributed by atoms with Crippen molar-refractivity contribution >= 4 is 23.5 Å². The zero-order chi connectivity index (χ0) is 19.7. The first kappa shape index (κ1) is 19.6. The van der Waals surface area contributed by atoms with Crippen molar-refractivity contribution in [3.8, 4) is 0 Å². The van der Waals surface area contributed by atoms with Gasteiger partial charge in [0.15, 0.2) is 0 Å². The molecule has 4 rings (SSSR count). The molecule has 6 nitrogen and oxygen atoms in total. The minimum absolute atomic E-state index is 0.0571. The third-order valence-electron chi connectivity index (χ3n) is 7.35. The molecule has 1 saturated heterocycles. The van der Waals surface area contributed by atoms with E-state index >= 15 is 0 Å². The molecule has 0 spiro atoms. The maximum absolute atomic E-state index is 13.4. The molecule has 0 aromatic rings. The summed E-state index contributed by atoms with van der Waals surface area (Å²) in [4.78, 5) is 53.9. The molecule has 154 valence electrons. The van der Waals surface area contributed by atoms with Gasteiger partial charge >= 0.3 is 0 Å². The molecule has 0 bridgehead atoms. The van der Waals surface area contributed by atoms with Crippen LogP contribution >= 0.6 is 0 Å². The minimum atomic E-state index is -0.528. The minimum Gasteiger partial charge on any atom is -0.335 e. The molecule has 1 aliphatic heterocycles. The van der Waals surface area contributed by atoms with Crippen LogP contribution in [0.25, 0.3) is 0 Å². The van der Waals surface area contributed by atoms with E-state index in [0.717, 1.165) is 51.4 Å². The van der Waals surface area contributed by atoms with Crippen molar-refractivity contribution in [3.63, 3.8) is 0 Å². The zero-order valence-corrected chi connectivity index (χ0v) is 16.7. The van der Waals surface area contributed by atoms with Crippen molar-refractivity contribution in [2.24, 2.45) is 11.8 Å². The van der Waals surface area contributed by atoms with Crippen molar-refractivity contribution in [3.05, 3.63) is 0 Å². The highest BCUT2D eigenvalue weighted by Crippen LogP contribution is 2.37. The van der Waals surface area contributed by atoms with Gasteiger partial charge < -0.3 is 4.90 Å². The smallest absolute Gasteiger partial charge is 0.243 e. The van der Waals surface area contributed by atoms with Crippen LogP contribution in [0.4, 0.5) is 0 Å². The second-order valence-electron chi connectivity index (χ2n) is 9.14. The lowest BCUT2D eigenvalue weighted by atomic mass is 9.80. The number of likely N-dealkylation sites (tertiary alicyclic amines) is 1. The average Bonchev–Trinajstić information content (AvgIpc) is 2.94. The predicted octanol–water partition coefficient (Wildman–Crippen LogP) is 2.83. The topological polar surface area (TPSA) is 74.8 Å². The first-order chi connectivity index (χ1) is 13.6. The Morgan fingerprint density at radius 2 is 1.32 bits per heavy atom. The van der Waals surface area contributed by atoms with Gasteiger partial charge in [0.25, 0.3) is 0 Å². The van der Waals surface area contributed by atoms with E-state index in [-0.39, 0.29) is 48.6 Å². The van der Waals surface area contributed by atoms with E-state index in [9.17, 15) is 19.2 Å². The standard InChI is InChI=1S/C22H32N2O4/c25-17-11-12-18-19(13-17)22(28)23(21(18)27)14-20(26)24(15-7-3-1-4-8-15)16-9-5-2-6-10-16/h15-16,18-19H,1-14H2/t18-,19-/m1/s1. The highest BCUT2D eigenvalue weighted by Gasteiger charge is 2.51. The lowest BCUT2D eigenvalue weighted by Crippen LogP contribution is -2.52. The highest BCUT2D eigenvalue weighted by atomic mass is 16.2. The summed E-state index contributed by atoms with van der Waals surface area (Å²) in [5, 5.41) is 0. The van der Waals surface area contributed by atoms with E-state index in [0.29, 0.717) is 12.8 Å². The maximum Gasteiger partial charge on any atom is 0.243 e. The molecule has 0 unspecified atom stereocenters. The third-order valence-corrected chi connectivity index (χ3v) is 7.35. The molecule has 3 aliphatic carbocycles. The monoisotopic (exact) mass is 388 g/mol. The normalized spacial score (nSPS) is 29.9. The molecule has 4 fully saturated rings. The number of hydrogen-bond donors (Lipinski definition) is 0. The van der Waals surface area contributed by atoms with Gasteiger partial charge in [-0.05, 0) is 32.1 Å². The molecule has 0 aromatic carbocycles. The van der Waals surface area contributed by atoms with E-state index in [1.165, 1.54) is 17.7 Å². The van der Waals surface area contributed by atoms with Gasteiger partial charge in [-0.25, -0.2) is 0 Å². The number of hydrogen-bond acceptors (Lipinski definition) is 4. The number of carbonyl (C=O) groups is 4. The Balaban J connectivity index is 1.49. The molecule has 1 heterocycles. The van der Waals surface area contributed by atoms with Crippen LogP contribution < -0.4 is 0 Å². The largest absolute Gasteiger partial charge is 0.335 e. The van der Waals surface area contributed by atoms with Gasteiger partial charge in [-0.1, -0.05) is 38.5 Å². The number of amides is 3. The molecule has 2 atom stereocenters. The van der Waals surface area contributed by atoms with E-state index in [4.69, 9.17) is 0 Å². The Morgan fingerprint density at radius 3 is 1.89 bits per heavy atom. The first-order valence-electron chi connectivity index (χ1n) is 11.2. The molecule has 0 N–H and O–H groups in total. The van der Waals surface area contributed by atoms with E-state index < -0.39 is 11.8 Å². The molecule has 0 radical (unpaired) electrons. The van der Waals surface area contributed by atoms with Gasteiger partial charge in [0.2, 0.25) is 17.7 Å². The van der Waals surface area contributed by atoms with Crippen LogP contribution in [0.5, 0.6) is 0 Å². The lowest BCUT2D eigenvalue weighted by Gasteiger charge is -2.42. The SMILES string of the molecule is O=C1CC[C@H]2C(=O)N(CC(=O)N(C3CCCCC3)C3CCCCC3)C(=O)[C@@H]2C1. The number of rotatable bonds is 4. The Morgan fingerprint density at radius 1 is 0.786 bits per heavy atom. The van der Waals surface area contributed by atoms with Crippen LogP contribution in [0.2, 0.25) is 0 Å². The fourth-order valence-corrected chi connectivity index (χ4v) is 5.87. The number of carbonyl (C=O) groups excluding carboxylic acids is 4. The summed E-state index contributed by atoms with van der Waals surface area (Å²) in [6.07, 6.45) is 12.2. The van der Waals surface area contributed by atoms with Gasteiger partial charge in [0.05, 0.1) is 11.8 Å². The second-order valence-corrected chi connectivity index (χ2v) is 9.14. The van der Waals surface area contributed by atoms with Crippen molar-refractivity contribution in [1.29, 1.82) is 0 Å². The van der Waals surface area contributed by atoms with Gasteiger partial charge in [0, 0.05) is 24.9 Å². The Hall–Kier alpha value is -1.72. The predicted molar refractivity (Wildman–Crippen MR) is 103 cm³/mol. The quantitative estimate of drug-likeness (QED) is 0.694. The Kier molecular flexibility index (Phi) is 5.83. The lowest BCUT2D eigenvalue weighted by molar-refractivity contribution is -0.149. The summed E-state index contributed by atoms with van der Waals surface area (Å²) in [5.41, 5.74) is 0. The number of imide groups is 1. The van der Waals surface area contributed by atoms with Gasteiger partial charge in [-0.15, -0.1) is 0 Å². The summed E-state index contributed by atoms with van der Waals surface area (Å²) in [6, 6.07) is 0.502. The third kappa shape index (κ3) is 3.74. The fourth-order valence-electron chi connectivity index (χ4n) is 5.87. The summed E-state index contributed by atoms with van der Waals surface area (Å²) in [5.74, 6) is -1.46. The van der Waals surface area contributed by atoms with E-state index in [1.807, 2.05) is 0 Å². The Bertz CT molecular complexity index is 631. The maximum atomic E-state index is 13.4. The zero-order valence-electron chi connectivity index (χ0n) is 16.7. The van der Waals surface area contributed by atoms with Gasteiger partial charge in [0.1, 0.15) is 12.3 Å². The summed E-state index contributed by atoms with van der Waals surface area (Å²) >= 11 is 0. The number of fused-ring (bicyclic) bond motifs is 1. The number of ketones is 1. The van der Waals surface area contributed by atoms with Crippen molar-refractivity contribution in [1.82, 2.24) is 9.80 Å². The van der Waals surface area contributed by atoms with E-state index in [1.54, 1.807) is 0 Å². The van der Waals surface area contributed by atoms with Crippen LogP contribution in [-0.2, 0) is 19.2 Å². The van der Waals surface area contributed by atoms with Gasteiger partial charge in [-0.2, -0.15) is 0 Å². The number of nitrogens with zero attached hydrogens (tertiary/aromatic N) is 2. The van der Waals surface area contributed by atoms with Crippen LogP contribution in [0.1, 0.15) is 83.5 Å². The number of Topliss-reactive ketones (excluding diaryl/α,β-unsaturated/α-hetero) is 1. The molecule has 4 aliphatic rings. The highest BCUT2D eigenvalue weighted by molar-refractivity contribution is 6.09. The van der Waals surface area contributed by atoms with Crippen LogP contribution in [0.15, 0.2) is 0 Å². The van der Waals surface area contributed by atoms with Crippen molar-refractivity contribution in [2.45, 2.75) is 95.6 Å². The van der Waals surface area contributed by atoms with Crippen LogP contribution in [0, 0.1) is 11.8 Å². The average molecular weight is 389 g/mol. The van der Waals surface area contributed by atoms with Crippen molar-refractivity contribution < 1.29 is 19.2 Å². The summed E-state index contributed by atoms with van der Waals surface area (Å²) in [6.45, 7) is -0.133. The van der Waals surface area contributed by atoms with E-state index in [2.05, 4.69) is 4.90 Å². The van der Waals surface area contributed by atoms with Crippen LogP contribution in [-0.4, -0.2) is 51.9 Å². The first-order valence-corrected chi connectivity index (χ1v) is 11.2. The molecule has 3 saturated carbocycles. The molecular formula is C22H32N2O4. The van der Waals surface area contributed by atoms with Crippen LogP contribution in [0.3, 0.4) is 0 Å². The molecular weight excluding hydrogens is 356 g/mol. The molecule has 6 heteroatoms. The van der Waals surface area contributed by atoms with Crippen molar-refractivity contribution in [2.75, 3.05) is 6.54 Å². The Labute approximate surface area is 167 Å². The molecule has 3 amide bonds. The second kappa shape index (κ2) is 8.34. The van der Waals surface area contributed by atoms with Gasteiger partial charge in [-0.3, -0.25) is 24.1 Å². The summed E-state index contributed by atoms with van der Waals surface area (Å²) in [7, 11) is 0.